The lowest BCUT2D eigenvalue weighted by molar-refractivity contribution is -0.396. The molecule has 1 unspecified atom stereocenters. The summed E-state index contributed by atoms with van der Waals surface area (Å²) in [6.07, 6.45) is -80.9. The zero-order valence-corrected chi connectivity index (χ0v) is 48.2. The van der Waals surface area contributed by atoms with E-state index in [9.17, 15) is 128 Å². The van der Waals surface area contributed by atoms with Crippen molar-refractivity contribution in [3.8, 4) is 0 Å². The van der Waals surface area contributed by atoms with E-state index in [1.54, 1.807) is 0 Å². The topological polar surface area (TPSA) is 663 Å². The van der Waals surface area contributed by atoms with Gasteiger partial charge in [0.05, 0.1) is 59.5 Å². The first-order valence-corrected chi connectivity index (χ1v) is 29.3. The van der Waals surface area contributed by atoms with E-state index in [0.29, 0.717) is 0 Å². The molecule has 42 nitrogen and oxygen atoms in total. The second-order valence-electron chi connectivity index (χ2n) is 23.5. The van der Waals surface area contributed by atoms with Gasteiger partial charge in [0.2, 0.25) is 0 Å². The summed E-state index contributed by atoms with van der Waals surface area (Å²) < 4.78 is 97.0. The van der Waals surface area contributed by atoms with E-state index in [4.69, 9.17) is 80.5 Å². The zero-order valence-electron chi connectivity index (χ0n) is 48.2. The van der Waals surface area contributed by atoms with Crippen LogP contribution in [0.3, 0.4) is 0 Å². The molecule has 9 saturated heterocycles. The fraction of sp³-hybridized carbons (Fsp3) is 1.00. The van der Waals surface area contributed by atoms with Crippen LogP contribution in [0.4, 0.5) is 0 Å². The number of aliphatic hydroxyl groups is 25. The predicted octanol–water partition coefficient (Wildman–Crippen LogP) is -18.1. The highest BCUT2D eigenvalue weighted by molar-refractivity contribution is 5.00. The molecule has 9 aliphatic heterocycles. The lowest BCUT2D eigenvalue weighted by atomic mass is 9.95. The Morgan fingerprint density at radius 1 is 0.228 bits per heavy atom. The standard InChI is InChI=1S/C50H84O42/c51-1-13-22(60)25(63)33(71)45(83-13)92-41-21(59)12(56)6-78-50(41)81-8-17-38(89-46-34(72)26(64)24(62)16(85-46)7-79-43-31(69)19(57)10(54)4-76-43)29(67)36(74)48(87-17)90-39-18(86-47(35(73)28(39)66)88-37-15(3-53)82-42(75)30(68)27(37)65)9-80-49-40(20(58)11(55)5-77-49)91-44-32(70)23(61)14(2-52)84-44/h10-75H,1-9H2/t10-,11-,12-,13-,14+,15-,16-,17-,18-,19+,20+,21+,22+,23+,24-,25+,26+,27-,28-,29-,30-,31-,32-,33-,34-,35-,36-,37-,38-,39-,40-,41-,42?,43-,44+,45+,46+,47+,48+,49-,50-/m1/s1. The average molecular weight is 1360 g/mol. The summed E-state index contributed by atoms with van der Waals surface area (Å²) in [6.45, 7) is -7.56. The smallest absolute Gasteiger partial charge is 0.187 e. The molecule has 536 valence electrons. The predicted molar refractivity (Wildman–Crippen MR) is 273 cm³/mol. The van der Waals surface area contributed by atoms with Crippen LogP contribution >= 0.6 is 0 Å². The van der Waals surface area contributed by atoms with Gasteiger partial charge in [-0.1, -0.05) is 0 Å². The van der Waals surface area contributed by atoms with Gasteiger partial charge in [-0.15, -0.1) is 0 Å². The number of aliphatic hydroxyl groups excluding tert-OH is 25. The lowest BCUT2D eigenvalue weighted by Gasteiger charge is -2.49. The molecule has 0 saturated carbocycles. The van der Waals surface area contributed by atoms with Crippen molar-refractivity contribution in [1.82, 2.24) is 0 Å². The Bertz CT molecular complexity index is 2240. The highest BCUT2D eigenvalue weighted by atomic mass is 16.8. The van der Waals surface area contributed by atoms with E-state index >= 15 is 0 Å². The van der Waals surface area contributed by atoms with E-state index in [1.165, 1.54) is 0 Å². The third-order valence-electron chi connectivity index (χ3n) is 17.2. The van der Waals surface area contributed by atoms with Crippen molar-refractivity contribution in [2.24, 2.45) is 0 Å². The largest absolute Gasteiger partial charge is 0.394 e. The van der Waals surface area contributed by atoms with Crippen molar-refractivity contribution in [3.63, 3.8) is 0 Å². The molecule has 9 fully saturated rings. The number of hydrogen-bond donors (Lipinski definition) is 25. The van der Waals surface area contributed by atoms with E-state index in [0.717, 1.165) is 0 Å². The molecule has 0 aliphatic carbocycles. The van der Waals surface area contributed by atoms with Crippen LogP contribution in [0.5, 0.6) is 0 Å². The fourth-order valence-corrected chi connectivity index (χ4v) is 11.6. The summed E-state index contributed by atoms with van der Waals surface area (Å²) in [5.41, 5.74) is 0. The Morgan fingerprint density at radius 2 is 0.511 bits per heavy atom. The summed E-state index contributed by atoms with van der Waals surface area (Å²) in [5, 5.41) is 269. The minimum absolute atomic E-state index is 0.528. The molecule has 0 aromatic heterocycles. The molecule has 9 aliphatic rings. The molecular formula is C50H84O42. The van der Waals surface area contributed by atoms with Crippen molar-refractivity contribution < 1.29 is 208 Å². The maximum Gasteiger partial charge on any atom is 0.187 e. The van der Waals surface area contributed by atoms with Gasteiger partial charge < -0.3 is 208 Å². The average Bonchev–Trinajstić information content (AvgIpc) is 1.77. The van der Waals surface area contributed by atoms with Gasteiger partial charge in [-0.05, 0) is 0 Å². The van der Waals surface area contributed by atoms with Gasteiger partial charge in [0.15, 0.2) is 56.6 Å². The zero-order chi connectivity index (χ0) is 67.1. The number of hydrogen-bond acceptors (Lipinski definition) is 42. The van der Waals surface area contributed by atoms with Crippen LogP contribution in [-0.2, 0) is 80.5 Å². The first-order chi connectivity index (χ1) is 43.6. The molecule has 0 bridgehead atoms. The first kappa shape index (κ1) is 74.5. The van der Waals surface area contributed by atoms with Gasteiger partial charge in [-0.25, -0.2) is 0 Å². The first-order valence-electron chi connectivity index (χ1n) is 29.3. The van der Waals surface area contributed by atoms with E-state index in [2.05, 4.69) is 0 Å². The molecule has 0 amide bonds. The van der Waals surface area contributed by atoms with Crippen LogP contribution in [-0.4, -0.2) is 439 Å². The Balaban J connectivity index is 0.999. The Labute approximate surface area is 518 Å². The molecular weight excluding hydrogens is 1270 g/mol. The van der Waals surface area contributed by atoms with Crippen LogP contribution in [0, 0.1) is 0 Å². The molecule has 9 rings (SSSR count). The highest BCUT2D eigenvalue weighted by Gasteiger charge is 2.58. The Kier molecular flexibility index (Phi) is 26.0. The Hall–Kier alpha value is -1.68. The van der Waals surface area contributed by atoms with Crippen molar-refractivity contribution in [1.29, 1.82) is 0 Å². The SMILES string of the molecule is OC[C@@H]1O[C@@H](O[C@H]2[C@@H](OC[C@H]3O[C@@H](O[C@H]4[C@H](O)[C@@H](O)C(O)O[C@@H]4CO)[C@H](O)[C@@H](O)[C@@H]3O[C@@H]3O[C@H](CO[C@H]4OC[C@@H](O)[C@H](O)[C@H]4O[C@@H]4O[C@H](CO)[C@H](O)[C@H](O)[C@H]4O)[C@@H](O[C@@H]4O[C@H](CO[C@H]5OC[C@@H](O)[C@H](O)[C@H]5O)[C@@H](O)[C@H](O)[C@H]4O)[C@H](O)[C@H]3O)OC[C@@H](O)[C@@H]2O)[C@H](O)[C@H]1O. The molecule has 9 heterocycles. The number of ether oxygens (including phenoxy) is 17. The summed E-state index contributed by atoms with van der Waals surface area (Å²) >= 11 is 0. The van der Waals surface area contributed by atoms with Gasteiger partial charge in [0.1, 0.15) is 195 Å². The molecule has 41 atom stereocenters. The minimum Gasteiger partial charge on any atom is -0.394 e. The van der Waals surface area contributed by atoms with Crippen LogP contribution in [0.2, 0.25) is 0 Å². The Morgan fingerprint density at radius 3 is 0.935 bits per heavy atom. The van der Waals surface area contributed by atoms with Crippen LogP contribution in [0.1, 0.15) is 0 Å². The van der Waals surface area contributed by atoms with Gasteiger partial charge in [-0.2, -0.15) is 0 Å². The maximum atomic E-state index is 12.1. The molecule has 0 aromatic carbocycles. The maximum absolute atomic E-state index is 12.1. The molecule has 42 heteroatoms. The highest BCUT2D eigenvalue weighted by Crippen LogP contribution is 2.38. The van der Waals surface area contributed by atoms with Crippen molar-refractivity contribution in [2.75, 3.05) is 59.5 Å². The third-order valence-corrected chi connectivity index (χ3v) is 17.2. The van der Waals surface area contributed by atoms with Crippen LogP contribution in [0.15, 0.2) is 0 Å². The normalized spacial score (nSPS) is 53.9. The molecule has 25 N–H and O–H groups in total. The second kappa shape index (κ2) is 32.1. The summed E-state index contributed by atoms with van der Waals surface area (Å²) in [5.74, 6) is 0. The van der Waals surface area contributed by atoms with Crippen molar-refractivity contribution in [3.05, 3.63) is 0 Å². The van der Waals surface area contributed by atoms with E-state index in [1.807, 2.05) is 0 Å². The van der Waals surface area contributed by atoms with E-state index in [-0.39, 0.29) is 0 Å². The van der Waals surface area contributed by atoms with Gasteiger partial charge in [0, 0.05) is 0 Å². The molecule has 0 aromatic rings. The summed E-state index contributed by atoms with van der Waals surface area (Å²) in [6, 6.07) is 0. The summed E-state index contributed by atoms with van der Waals surface area (Å²) in [4.78, 5) is 0. The van der Waals surface area contributed by atoms with E-state index < -0.39 is 311 Å². The van der Waals surface area contributed by atoms with Crippen LogP contribution in [0.25, 0.3) is 0 Å². The van der Waals surface area contributed by atoms with Crippen molar-refractivity contribution >= 4 is 0 Å². The van der Waals surface area contributed by atoms with Crippen LogP contribution < -0.4 is 0 Å². The summed E-state index contributed by atoms with van der Waals surface area (Å²) in [7, 11) is 0. The number of rotatable bonds is 22. The molecule has 0 radical (unpaired) electrons. The van der Waals surface area contributed by atoms with Crippen molar-refractivity contribution in [2.45, 2.75) is 252 Å². The van der Waals surface area contributed by atoms with Gasteiger partial charge in [-0.3, -0.25) is 0 Å². The van der Waals surface area contributed by atoms with Gasteiger partial charge in [0.25, 0.3) is 0 Å². The second-order valence-corrected chi connectivity index (χ2v) is 23.5. The minimum atomic E-state index is -2.46. The van der Waals surface area contributed by atoms with Gasteiger partial charge >= 0.3 is 0 Å². The molecule has 92 heavy (non-hydrogen) atoms. The monoisotopic (exact) mass is 1360 g/mol. The third kappa shape index (κ3) is 15.8. The fourth-order valence-electron chi connectivity index (χ4n) is 11.6. The quantitative estimate of drug-likeness (QED) is 0.0479. The lowest BCUT2D eigenvalue weighted by Crippen LogP contribution is -2.68. The molecule has 0 spiro atoms.